The molecular weight excluding hydrogens is 588 g/mol. The quantitative estimate of drug-likeness (QED) is 0.295. The molecular formula is C22H29CsF3N5O2S. The molecule has 1 fully saturated rings. The number of aromatic nitrogens is 2. The van der Waals surface area contributed by atoms with Gasteiger partial charge >= 0.3 is 81.2 Å². The van der Waals surface area contributed by atoms with Crippen LogP contribution < -0.4 is 84.2 Å². The van der Waals surface area contributed by atoms with Crippen molar-refractivity contribution >= 4 is 35.4 Å². The van der Waals surface area contributed by atoms with Gasteiger partial charge in [0, 0.05) is 36.1 Å². The first kappa shape index (κ1) is 31.4. The molecule has 1 aliphatic carbocycles. The fraction of sp³-hybridized carbons (Fsp3) is 0.455. The topological polar surface area (TPSA) is 88.2 Å². The summed E-state index contributed by atoms with van der Waals surface area (Å²) in [4.78, 5) is 20.4. The van der Waals surface area contributed by atoms with Crippen molar-refractivity contribution < 1.29 is 91.6 Å². The maximum absolute atomic E-state index is 12.3. The number of halogens is 3. The summed E-state index contributed by atoms with van der Waals surface area (Å²) in [5.74, 6) is 0.958. The van der Waals surface area contributed by atoms with E-state index in [1.807, 2.05) is 30.5 Å². The van der Waals surface area contributed by atoms with E-state index < -0.39 is 24.7 Å². The van der Waals surface area contributed by atoms with Crippen LogP contribution in [0.2, 0.25) is 0 Å². The summed E-state index contributed by atoms with van der Waals surface area (Å²) in [7, 11) is 0. The van der Waals surface area contributed by atoms with Crippen molar-refractivity contribution in [2.24, 2.45) is 5.92 Å². The molecule has 1 aliphatic rings. The van der Waals surface area contributed by atoms with Crippen LogP contribution in [0.15, 0.2) is 36.7 Å². The number of carbonyl (C=O) groups is 1. The van der Waals surface area contributed by atoms with E-state index in [9.17, 15) is 18.0 Å². The number of amides is 1. The Hall–Kier alpha value is -0.638. The Kier molecular flexibility index (Phi) is 13.7. The van der Waals surface area contributed by atoms with Crippen LogP contribution in [0.4, 0.5) is 35.3 Å². The maximum atomic E-state index is 12.3. The molecule has 0 saturated heterocycles. The van der Waals surface area contributed by atoms with Gasteiger partial charge in [0.1, 0.15) is 0 Å². The molecule has 1 aromatic carbocycles. The van der Waals surface area contributed by atoms with E-state index in [0.717, 1.165) is 29.8 Å². The van der Waals surface area contributed by atoms with Gasteiger partial charge in [-0.25, -0.2) is 14.8 Å². The van der Waals surface area contributed by atoms with Crippen molar-refractivity contribution in [3.63, 3.8) is 0 Å². The number of anilines is 3. The number of nitrogens with zero attached hydrogens (tertiary/aromatic N) is 2. The second-order valence-electron chi connectivity index (χ2n) is 7.85. The molecule has 1 aromatic heterocycles. The van der Waals surface area contributed by atoms with Crippen LogP contribution in [-0.4, -0.2) is 41.1 Å². The van der Waals surface area contributed by atoms with E-state index in [2.05, 4.69) is 25.3 Å². The molecule has 0 aliphatic heterocycles. The summed E-state index contributed by atoms with van der Waals surface area (Å²) >= 11 is 1.52. The summed E-state index contributed by atoms with van der Waals surface area (Å²) in [5.41, 5.74) is 2.90. The third-order valence-corrected chi connectivity index (χ3v) is 5.53. The van der Waals surface area contributed by atoms with Gasteiger partial charge in [0.15, 0.2) is 0 Å². The van der Waals surface area contributed by atoms with Gasteiger partial charge in [0.25, 0.3) is 0 Å². The predicted octanol–water partition coefficient (Wildman–Crippen LogP) is 2.93. The fourth-order valence-electron chi connectivity index (χ4n) is 3.46. The maximum Gasteiger partial charge on any atom is 1.00 e. The normalized spacial score (nSPS) is 17.8. The average Bonchev–Trinajstić information content (AvgIpc) is 2.68. The van der Waals surface area contributed by atoms with E-state index in [4.69, 9.17) is 4.74 Å². The molecule has 182 valence electrons. The molecule has 3 rings (SSSR count). The van der Waals surface area contributed by atoms with Crippen molar-refractivity contribution in [2.75, 3.05) is 22.9 Å². The molecule has 34 heavy (non-hydrogen) atoms. The number of rotatable bonds is 9. The minimum atomic E-state index is -4.32. The van der Waals surface area contributed by atoms with Crippen LogP contribution in [-0.2, 0) is 4.74 Å². The Bertz CT molecular complexity index is 882. The Morgan fingerprint density at radius 3 is 2.32 bits per heavy atom. The van der Waals surface area contributed by atoms with Gasteiger partial charge in [-0.1, -0.05) is 11.9 Å². The van der Waals surface area contributed by atoms with Crippen molar-refractivity contribution in [1.82, 2.24) is 15.3 Å². The molecule has 0 spiro atoms. The molecule has 1 saturated carbocycles. The SMILES string of the molecule is CSNc1ccc(Nc2ncc(C3CC(COC(=O)NC(C)CC(F)(F)F)C3)cn2)cc1.[CH3-].[Cs+]. The van der Waals surface area contributed by atoms with Crippen LogP contribution in [0.1, 0.15) is 37.7 Å². The third-order valence-electron chi connectivity index (χ3n) is 5.09. The third kappa shape index (κ3) is 10.5. The number of hydrogen-bond acceptors (Lipinski definition) is 7. The average molecular weight is 617 g/mol. The van der Waals surface area contributed by atoms with Crippen molar-refractivity contribution in [1.29, 1.82) is 0 Å². The smallest absolute Gasteiger partial charge is 0.449 e. The Labute approximate surface area is 261 Å². The van der Waals surface area contributed by atoms with E-state index in [-0.39, 0.29) is 94.8 Å². The van der Waals surface area contributed by atoms with E-state index >= 15 is 0 Å². The minimum Gasteiger partial charge on any atom is -0.449 e. The van der Waals surface area contributed by atoms with Crippen LogP contribution >= 0.6 is 11.9 Å². The van der Waals surface area contributed by atoms with Gasteiger partial charge in [0.05, 0.1) is 13.0 Å². The second kappa shape index (κ2) is 14.8. The molecule has 2 aromatic rings. The fourth-order valence-corrected chi connectivity index (χ4v) is 3.83. The second-order valence-corrected chi connectivity index (χ2v) is 8.46. The molecule has 1 unspecified atom stereocenters. The van der Waals surface area contributed by atoms with Crippen LogP contribution in [0, 0.1) is 13.3 Å². The molecule has 3 N–H and O–H groups in total. The molecule has 1 atom stereocenters. The first-order valence-electron chi connectivity index (χ1n) is 10.2. The molecule has 1 amide bonds. The van der Waals surface area contributed by atoms with E-state index in [0.29, 0.717) is 5.95 Å². The van der Waals surface area contributed by atoms with Gasteiger partial charge in [-0.3, -0.25) is 0 Å². The van der Waals surface area contributed by atoms with Crippen LogP contribution in [0.25, 0.3) is 0 Å². The number of nitrogens with one attached hydrogen (secondary N) is 3. The zero-order valence-corrected chi connectivity index (χ0v) is 26.9. The molecule has 0 radical (unpaired) electrons. The summed E-state index contributed by atoms with van der Waals surface area (Å²) in [6, 6.07) is 6.77. The molecule has 7 nitrogen and oxygen atoms in total. The first-order chi connectivity index (χ1) is 15.2. The van der Waals surface area contributed by atoms with E-state index in [1.54, 1.807) is 12.4 Å². The zero-order chi connectivity index (χ0) is 23.1. The van der Waals surface area contributed by atoms with Gasteiger partial charge in [-0.2, -0.15) is 13.2 Å². The van der Waals surface area contributed by atoms with Crippen molar-refractivity contribution in [2.45, 2.75) is 44.3 Å². The number of hydrogen-bond donors (Lipinski definition) is 3. The monoisotopic (exact) mass is 617 g/mol. The Balaban J connectivity index is 0.00000289. The van der Waals surface area contributed by atoms with Crippen LogP contribution in [0.3, 0.4) is 0 Å². The standard InChI is InChI=1S/C21H26F3N5O2S.CH3.Cs/c1-13(9-21(22,23)24)27-20(30)31-12-14-7-15(8-14)16-10-25-19(26-11-16)28-17-3-5-18(6-4-17)29-32-2;;/h3-6,10-11,13-15,29H,7-9,12H2,1-2H3,(H,27,30)(H,25,26,28);1H3;/q;-1;+1. The number of alkyl halides is 3. The van der Waals surface area contributed by atoms with Gasteiger partial charge in [-0.15, -0.1) is 0 Å². The minimum absolute atomic E-state index is 0. The van der Waals surface area contributed by atoms with Crippen molar-refractivity contribution in [3.8, 4) is 0 Å². The molecule has 0 bridgehead atoms. The van der Waals surface area contributed by atoms with Crippen molar-refractivity contribution in [3.05, 3.63) is 49.6 Å². The Morgan fingerprint density at radius 1 is 1.18 bits per heavy atom. The van der Waals surface area contributed by atoms with Crippen LogP contribution in [0.5, 0.6) is 0 Å². The van der Waals surface area contributed by atoms with Gasteiger partial charge in [0.2, 0.25) is 5.95 Å². The number of alkyl carbamates (subject to hydrolysis) is 1. The summed E-state index contributed by atoms with van der Waals surface area (Å²) in [6.07, 6.45) is 0.922. The summed E-state index contributed by atoms with van der Waals surface area (Å²) in [6.45, 7) is 1.48. The zero-order valence-electron chi connectivity index (χ0n) is 19.8. The molecule has 12 heteroatoms. The largest absolute Gasteiger partial charge is 1.00 e. The van der Waals surface area contributed by atoms with Gasteiger partial charge in [-0.05, 0) is 61.4 Å². The van der Waals surface area contributed by atoms with E-state index in [1.165, 1.54) is 18.9 Å². The first-order valence-corrected chi connectivity index (χ1v) is 11.4. The number of ether oxygens (including phenoxy) is 1. The van der Waals surface area contributed by atoms with Gasteiger partial charge < -0.3 is 27.5 Å². The Morgan fingerprint density at radius 2 is 1.76 bits per heavy atom. The number of benzene rings is 1. The summed E-state index contributed by atoms with van der Waals surface area (Å²) < 4.78 is 45.1. The summed E-state index contributed by atoms with van der Waals surface area (Å²) in [5, 5.41) is 5.36. The number of carbonyl (C=O) groups excluding carboxylic acids is 1. The molecule has 1 heterocycles. The predicted molar refractivity (Wildman–Crippen MR) is 125 cm³/mol.